The summed E-state index contributed by atoms with van der Waals surface area (Å²) >= 11 is 3.68. The average molecular weight is 320 g/mol. The van der Waals surface area contributed by atoms with Crippen molar-refractivity contribution in [3.05, 3.63) is 58.7 Å². The van der Waals surface area contributed by atoms with E-state index in [2.05, 4.69) is 73.4 Å². The van der Waals surface area contributed by atoms with Gasteiger partial charge in [-0.15, -0.1) is 0 Å². The van der Waals surface area contributed by atoms with E-state index < -0.39 is 0 Å². The van der Waals surface area contributed by atoms with E-state index in [1.165, 1.54) is 0 Å². The van der Waals surface area contributed by atoms with E-state index in [1.807, 2.05) is 24.4 Å². The van der Waals surface area contributed by atoms with E-state index in [9.17, 15) is 0 Å². The topological polar surface area (TPSA) is 12.4 Å². The van der Waals surface area contributed by atoms with Gasteiger partial charge in [0.25, 0.3) is 0 Å². The number of hydrogen-bond donors (Lipinski definition) is 0. The maximum atomic E-state index is 4.58. The molecule has 0 radical (unpaired) electrons. The molecule has 0 N–H and O–H groups in total. The molecule has 1 aliphatic rings. The minimum Gasteiger partial charge on any atom is -0.287 e. The summed E-state index contributed by atoms with van der Waals surface area (Å²) < 4.78 is 1.14. The van der Waals surface area contributed by atoms with Crippen LogP contribution in [-0.2, 0) is 0 Å². The van der Waals surface area contributed by atoms with Gasteiger partial charge in [0.15, 0.2) is 0 Å². The number of aliphatic imine (C=N–C) groups is 1. The molecule has 0 aromatic carbocycles. The maximum absolute atomic E-state index is 4.58. The SMILES string of the molecule is C=C1C=C/C(C=NC(C)(C)C)=C(/Br)C(C)/C=C\C=C/1. The summed E-state index contributed by atoms with van der Waals surface area (Å²) in [4.78, 5) is 4.58. The Balaban J connectivity index is 3.16. The summed E-state index contributed by atoms with van der Waals surface area (Å²) in [6, 6.07) is 0. The Labute approximate surface area is 125 Å². The van der Waals surface area contributed by atoms with Crippen LogP contribution in [0.15, 0.2) is 63.7 Å². The van der Waals surface area contributed by atoms with Crippen LogP contribution in [0.2, 0.25) is 0 Å². The summed E-state index contributed by atoms with van der Waals surface area (Å²) in [5.74, 6) is 0.321. The Morgan fingerprint density at radius 2 is 1.89 bits per heavy atom. The van der Waals surface area contributed by atoms with Crippen LogP contribution in [0.25, 0.3) is 0 Å². The molecule has 0 aliphatic heterocycles. The molecule has 0 spiro atoms. The predicted molar refractivity (Wildman–Crippen MR) is 89.9 cm³/mol. The van der Waals surface area contributed by atoms with Gasteiger partial charge in [0.2, 0.25) is 0 Å². The van der Waals surface area contributed by atoms with Crippen molar-refractivity contribution in [1.82, 2.24) is 0 Å². The van der Waals surface area contributed by atoms with Gasteiger partial charge in [-0.2, -0.15) is 0 Å². The smallest absolute Gasteiger partial charge is 0.0524 e. The fraction of sp³-hybridized carbons (Fsp3) is 0.353. The van der Waals surface area contributed by atoms with Crippen molar-refractivity contribution in [2.45, 2.75) is 33.2 Å². The van der Waals surface area contributed by atoms with E-state index in [0.717, 1.165) is 15.6 Å². The van der Waals surface area contributed by atoms with Gasteiger partial charge in [-0.25, -0.2) is 0 Å². The third-order valence-corrected chi connectivity index (χ3v) is 3.74. The van der Waals surface area contributed by atoms with Crippen LogP contribution in [0, 0.1) is 5.92 Å². The minimum absolute atomic E-state index is 0.0700. The molecule has 1 nitrogen and oxygen atoms in total. The first kappa shape index (κ1) is 15.9. The highest BCUT2D eigenvalue weighted by molar-refractivity contribution is 9.11. The third kappa shape index (κ3) is 6.02. The molecule has 1 atom stereocenters. The Morgan fingerprint density at radius 1 is 1.21 bits per heavy atom. The van der Waals surface area contributed by atoms with Gasteiger partial charge < -0.3 is 0 Å². The summed E-state index contributed by atoms with van der Waals surface area (Å²) in [6.07, 6.45) is 14.2. The van der Waals surface area contributed by atoms with Gasteiger partial charge in [-0.1, -0.05) is 65.9 Å². The van der Waals surface area contributed by atoms with E-state index >= 15 is 0 Å². The molecule has 0 fully saturated rings. The molecule has 0 aromatic rings. The number of hydrogen-bond acceptors (Lipinski definition) is 1. The van der Waals surface area contributed by atoms with E-state index in [1.54, 1.807) is 0 Å². The third-order valence-electron chi connectivity index (χ3n) is 2.56. The summed E-state index contributed by atoms with van der Waals surface area (Å²) in [7, 11) is 0. The molecule has 1 unspecified atom stereocenters. The zero-order valence-corrected chi connectivity index (χ0v) is 13.7. The van der Waals surface area contributed by atoms with Crippen LogP contribution >= 0.6 is 15.9 Å². The van der Waals surface area contributed by atoms with Crippen LogP contribution in [0.5, 0.6) is 0 Å². The Bertz CT molecular complexity index is 482. The second-order valence-corrected chi connectivity index (χ2v) is 6.53. The number of nitrogens with zero attached hydrogens (tertiary/aromatic N) is 1. The standard InChI is InChI=1S/C17H22BrN/c1-13-8-6-7-9-14(2)16(18)15(11-10-13)12-19-17(3,4)5/h6-12,14H,1H2,2-5H3/b8-6-,9-7-,11-10?,16-15-,19-12?. The summed E-state index contributed by atoms with van der Waals surface area (Å²) in [5.41, 5.74) is 1.99. The summed E-state index contributed by atoms with van der Waals surface area (Å²) in [6.45, 7) is 12.4. The number of halogens is 1. The van der Waals surface area contributed by atoms with Crippen LogP contribution < -0.4 is 0 Å². The highest BCUT2D eigenvalue weighted by atomic mass is 79.9. The van der Waals surface area contributed by atoms with Crippen molar-refractivity contribution in [2.75, 3.05) is 0 Å². The number of rotatable bonds is 1. The predicted octanol–water partition coefficient (Wildman–Crippen LogP) is 5.38. The van der Waals surface area contributed by atoms with Crippen molar-refractivity contribution in [2.24, 2.45) is 10.9 Å². The lowest BCUT2D eigenvalue weighted by atomic mass is 10.0. The number of allylic oxidation sites excluding steroid dienone is 9. The van der Waals surface area contributed by atoms with Crippen LogP contribution in [0.3, 0.4) is 0 Å². The highest BCUT2D eigenvalue weighted by Crippen LogP contribution is 2.24. The molecule has 1 rings (SSSR count). The van der Waals surface area contributed by atoms with Crippen LogP contribution in [0.1, 0.15) is 27.7 Å². The molecule has 102 valence electrons. The van der Waals surface area contributed by atoms with Gasteiger partial charge >= 0.3 is 0 Å². The van der Waals surface area contributed by atoms with Gasteiger partial charge in [0, 0.05) is 22.2 Å². The lowest BCUT2D eigenvalue weighted by Gasteiger charge is -2.13. The zero-order chi connectivity index (χ0) is 14.5. The van der Waals surface area contributed by atoms with E-state index in [-0.39, 0.29) is 5.54 Å². The van der Waals surface area contributed by atoms with E-state index in [0.29, 0.717) is 5.92 Å². The second kappa shape index (κ2) is 6.85. The first-order valence-electron chi connectivity index (χ1n) is 6.46. The molecular formula is C17H22BrN. The van der Waals surface area contributed by atoms with E-state index in [4.69, 9.17) is 0 Å². The van der Waals surface area contributed by atoms with Gasteiger partial charge in [-0.3, -0.25) is 4.99 Å². The molecule has 0 heterocycles. The lowest BCUT2D eigenvalue weighted by Crippen LogP contribution is -2.10. The Hall–Kier alpha value is -1.15. The van der Waals surface area contributed by atoms with Crippen LogP contribution in [-0.4, -0.2) is 11.8 Å². The monoisotopic (exact) mass is 319 g/mol. The molecule has 0 aromatic heterocycles. The maximum Gasteiger partial charge on any atom is 0.0524 e. The quantitative estimate of drug-likeness (QED) is 0.575. The van der Waals surface area contributed by atoms with Crippen molar-refractivity contribution in [3.8, 4) is 0 Å². The molecule has 19 heavy (non-hydrogen) atoms. The van der Waals surface area contributed by atoms with Crippen molar-refractivity contribution < 1.29 is 0 Å². The first-order chi connectivity index (χ1) is 8.79. The largest absolute Gasteiger partial charge is 0.287 e. The molecule has 0 bridgehead atoms. The summed E-state index contributed by atoms with van der Waals surface area (Å²) in [5, 5.41) is 0. The van der Waals surface area contributed by atoms with Crippen molar-refractivity contribution in [1.29, 1.82) is 0 Å². The fourth-order valence-electron chi connectivity index (χ4n) is 1.46. The molecule has 0 amide bonds. The molecule has 1 aliphatic carbocycles. The molecule has 0 saturated carbocycles. The van der Waals surface area contributed by atoms with Gasteiger partial charge in [0.1, 0.15) is 0 Å². The van der Waals surface area contributed by atoms with Crippen molar-refractivity contribution in [3.63, 3.8) is 0 Å². The lowest BCUT2D eigenvalue weighted by molar-refractivity contribution is 0.586. The normalized spacial score (nSPS) is 28.7. The average Bonchev–Trinajstić information content (AvgIpc) is 2.31. The zero-order valence-electron chi connectivity index (χ0n) is 12.2. The molecular weight excluding hydrogens is 298 g/mol. The van der Waals surface area contributed by atoms with Crippen molar-refractivity contribution >= 4 is 22.1 Å². The fourth-order valence-corrected chi connectivity index (χ4v) is 1.84. The molecule has 0 saturated heterocycles. The Morgan fingerprint density at radius 3 is 2.53 bits per heavy atom. The van der Waals surface area contributed by atoms with Crippen LogP contribution in [0.4, 0.5) is 0 Å². The first-order valence-corrected chi connectivity index (χ1v) is 7.25. The minimum atomic E-state index is -0.0700. The van der Waals surface area contributed by atoms with Gasteiger partial charge in [-0.05, 0) is 26.3 Å². The van der Waals surface area contributed by atoms with Gasteiger partial charge in [0.05, 0.1) is 5.54 Å². The molecule has 2 heteroatoms. The second-order valence-electron chi connectivity index (χ2n) is 5.67. The Kier molecular flexibility index (Phi) is 5.74. The highest BCUT2D eigenvalue weighted by Gasteiger charge is 2.09.